The molecule has 7 nitrogen and oxygen atoms in total. The van der Waals surface area contributed by atoms with Gasteiger partial charge in [-0.15, -0.1) is 0 Å². The monoisotopic (exact) mass is 300 g/mol. The molecule has 1 saturated heterocycles. The van der Waals surface area contributed by atoms with Crippen LogP contribution in [0.15, 0.2) is 0 Å². The van der Waals surface area contributed by atoms with Gasteiger partial charge in [-0.2, -0.15) is 0 Å². The zero-order valence-electron chi connectivity index (χ0n) is 12.9. The minimum Gasteiger partial charge on any atom is -0.480 e. The van der Waals surface area contributed by atoms with E-state index >= 15 is 0 Å². The first-order chi connectivity index (χ1) is 9.86. The molecular formula is C14H24N2O5. The van der Waals surface area contributed by atoms with Crippen LogP contribution in [0.1, 0.15) is 33.1 Å². The van der Waals surface area contributed by atoms with E-state index in [0.717, 1.165) is 6.42 Å². The SMILES string of the molecule is CO[C@H](C)C(=O)N1CCC[C@@H](N(CC(=O)O)C(C)=O)CC1. The van der Waals surface area contributed by atoms with Crippen molar-refractivity contribution in [3.8, 4) is 0 Å². The minimum absolute atomic E-state index is 0.0641. The Bertz CT molecular complexity index is 399. The maximum Gasteiger partial charge on any atom is 0.323 e. The molecule has 2 atom stereocenters. The molecule has 0 aromatic carbocycles. The van der Waals surface area contributed by atoms with Crippen LogP contribution in [-0.2, 0) is 19.1 Å². The van der Waals surface area contributed by atoms with Crippen molar-refractivity contribution in [3.63, 3.8) is 0 Å². The maximum absolute atomic E-state index is 12.1. The number of carbonyl (C=O) groups is 3. The molecule has 7 heteroatoms. The van der Waals surface area contributed by atoms with Gasteiger partial charge in [-0.05, 0) is 26.2 Å². The van der Waals surface area contributed by atoms with Crippen molar-refractivity contribution in [1.29, 1.82) is 0 Å². The number of carbonyl (C=O) groups excluding carboxylic acids is 2. The van der Waals surface area contributed by atoms with Gasteiger partial charge in [-0.3, -0.25) is 14.4 Å². The highest BCUT2D eigenvalue weighted by Gasteiger charge is 2.28. The molecule has 0 saturated carbocycles. The van der Waals surface area contributed by atoms with Crippen LogP contribution in [0.2, 0.25) is 0 Å². The smallest absolute Gasteiger partial charge is 0.323 e. The Morgan fingerprint density at radius 3 is 2.52 bits per heavy atom. The molecule has 0 aromatic heterocycles. The normalized spacial score (nSPS) is 20.5. The van der Waals surface area contributed by atoms with Gasteiger partial charge >= 0.3 is 5.97 Å². The Balaban J connectivity index is 2.68. The zero-order chi connectivity index (χ0) is 16.0. The van der Waals surface area contributed by atoms with Gasteiger partial charge in [0.1, 0.15) is 12.6 Å². The lowest BCUT2D eigenvalue weighted by molar-refractivity contribution is -0.145. The summed E-state index contributed by atoms with van der Waals surface area (Å²) in [5, 5.41) is 8.90. The van der Waals surface area contributed by atoms with Crippen molar-refractivity contribution >= 4 is 17.8 Å². The van der Waals surface area contributed by atoms with Crippen LogP contribution in [0.25, 0.3) is 0 Å². The number of hydrogen-bond acceptors (Lipinski definition) is 4. The fourth-order valence-electron chi connectivity index (χ4n) is 2.61. The molecule has 21 heavy (non-hydrogen) atoms. The number of amides is 2. The Labute approximate surface area is 124 Å². The van der Waals surface area contributed by atoms with E-state index < -0.39 is 12.1 Å². The molecular weight excluding hydrogens is 276 g/mol. The number of carboxylic acid groups (broad SMARTS) is 1. The fourth-order valence-corrected chi connectivity index (χ4v) is 2.61. The van der Waals surface area contributed by atoms with Crippen LogP contribution in [0.4, 0.5) is 0 Å². The van der Waals surface area contributed by atoms with E-state index in [0.29, 0.717) is 25.9 Å². The molecule has 1 aliphatic heterocycles. The number of nitrogens with zero attached hydrogens (tertiary/aromatic N) is 2. The van der Waals surface area contributed by atoms with Gasteiger partial charge < -0.3 is 19.6 Å². The number of hydrogen-bond donors (Lipinski definition) is 1. The zero-order valence-corrected chi connectivity index (χ0v) is 12.9. The Hall–Kier alpha value is -1.63. The van der Waals surface area contributed by atoms with Crippen molar-refractivity contribution in [3.05, 3.63) is 0 Å². The summed E-state index contributed by atoms with van der Waals surface area (Å²) >= 11 is 0. The first kappa shape index (κ1) is 17.4. The molecule has 1 fully saturated rings. The molecule has 2 amide bonds. The quantitative estimate of drug-likeness (QED) is 0.791. The standard InChI is InChI=1S/C14H24N2O5/c1-10(21-3)14(20)15-7-4-5-12(6-8-15)16(11(2)17)9-13(18)19/h10,12H,4-9H2,1-3H3,(H,18,19)/t10-,12-/m1/s1. The highest BCUT2D eigenvalue weighted by Crippen LogP contribution is 2.18. The molecule has 1 N–H and O–H groups in total. The average molecular weight is 300 g/mol. The first-order valence-corrected chi connectivity index (χ1v) is 7.17. The van der Waals surface area contributed by atoms with Crippen molar-refractivity contribution in [2.24, 2.45) is 0 Å². The molecule has 0 unspecified atom stereocenters. The molecule has 0 radical (unpaired) electrons. The van der Waals surface area contributed by atoms with E-state index in [1.54, 1.807) is 11.8 Å². The second kappa shape index (κ2) is 7.97. The average Bonchev–Trinajstić information content (AvgIpc) is 2.68. The van der Waals surface area contributed by atoms with Gasteiger partial charge in [0.05, 0.1) is 0 Å². The van der Waals surface area contributed by atoms with Gasteiger partial charge in [-0.25, -0.2) is 0 Å². The van der Waals surface area contributed by atoms with Gasteiger partial charge in [0.15, 0.2) is 0 Å². The molecule has 120 valence electrons. The van der Waals surface area contributed by atoms with Crippen molar-refractivity contribution < 1.29 is 24.2 Å². The minimum atomic E-state index is -1.02. The predicted molar refractivity (Wildman–Crippen MR) is 75.7 cm³/mol. The third-order valence-electron chi connectivity index (χ3n) is 3.86. The molecule has 1 aliphatic rings. The third-order valence-corrected chi connectivity index (χ3v) is 3.86. The van der Waals surface area contributed by atoms with Crippen molar-refractivity contribution in [2.45, 2.75) is 45.3 Å². The van der Waals surface area contributed by atoms with Crippen LogP contribution < -0.4 is 0 Å². The lowest BCUT2D eigenvalue weighted by Crippen LogP contribution is -2.43. The number of likely N-dealkylation sites (tertiary alicyclic amines) is 1. The van der Waals surface area contributed by atoms with Gasteiger partial charge in [0.25, 0.3) is 5.91 Å². The van der Waals surface area contributed by atoms with E-state index in [2.05, 4.69) is 0 Å². The van der Waals surface area contributed by atoms with Crippen LogP contribution >= 0.6 is 0 Å². The summed E-state index contributed by atoms with van der Waals surface area (Å²) in [6, 6.07) is -0.130. The van der Waals surface area contributed by atoms with E-state index in [4.69, 9.17) is 9.84 Å². The Morgan fingerprint density at radius 2 is 2.00 bits per heavy atom. The van der Waals surface area contributed by atoms with Crippen LogP contribution in [-0.4, -0.2) is 71.6 Å². The third kappa shape index (κ3) is 5.00. The lowest BCUT2D eigenvalue weighted by atomic mass is 10.1. The van der Waals surface area contributed by atoms with E-state index in [1.807, 2.05) is 0 Å². The molecule has 1 heterocycles. The van der Waals surface area contributed by atoms with E-state index in [1.165, 1.54) is 18.9 Å². The predicted octanol–water partition coefficient (Wildman–Crippen LogP) is 0.336. The highest BCUT2D eigenvalue weighted by molar-refractivity contribution is 5.81. The summed E-state index contributed by atoms with van der Waals surface area (Å²) < 4.78 is 5.04. The number of methoxy groups -OCH3 is 1. The number of ether oxygens (including phenoxy) is 1. The van der Waals surface area contributed by atoms with Gasteiger partial charge in [0, 0.05) is 33.2 Å². The van der Waals surface area contributed by atoms with Crippen LogP contribution in [0, 0.1) is 0 Å². The largest absolute Gasteiger partial charge is 0.480 e. The topological polar surface area (TPSA) is 87.2 Å². The Kier molecular flexibility index (Phi) is 6.61. The van der Waals surface area contributed by atoms with E-state index in [9.17, 15) is 14.4 Å². The molecule has 0 spiro atoms. The summed E-state index contributed by atoms with van der Waals surface area (Å²) in [4.78, 5) is 37.7. The van der Waals surface area contributed by atoms with Crippen LogP contribution in [0.3, 0.4) is 0 Å². The molecule has 0 aromatic rings. The molecule has 1 rings (SSSR count). The fraction of sp³-hybridized carbons (Fsp3) is 0.786. The summed E-state index contributed by atoms with van der Waals surface area (Å²) in [5.74, 6) is -1.33. The summed E-state index contributed by atoms with van der Waals surface area (Å²) in [6.45, 7) is 3.92. The van der Waals surface area contributed by atoms with E-state index in [-0.39, 0.29) is 24.4 Å². The van der Waals surface area contributed by atoms with Gasteiger partial charge in [0.2, 0.25) is 5.91 Å². The molecule has 0 bridgehead atoms. The maximum atomic E-state index is 12.1. The summed E-state index contributed by atoms with van der Waals surface area (Å²) in [6.07, 6.45) is 1.56. The van der Waals surface area contributed by atoms with Crippen molar-refractivity contribution in [1.82, 2.24) is 9.80 Å². The second-order valence-corrected chi connectivity index (χ2v) is 5.33. The number of carboxylic acids is 1. The van der Waals surface area contributed by atoms with Gasteiger partial charge in [-0.1, -0.05) is 0 Å². The van der Waals surface area contributed by atoms with Crippen LogP contribution in [0.5, 0.6) is 0 Å². The summed E-state index contributed by atoms with van der Waals surface area (Å²) in [5.41, 5.74) is 0. The second-order valence-electron chi connectivity index (χ2n) is 5.33. The summed E-state index contributed by atoms with van der Waals surface area (Å²) in [7, 11) is 1.49. The highest BCUT2D eigenvalue weighted by atomic mass is 16.5. The number of aliphatic carboxylic acids is 1. The Morgan fingerprint density at radius 1 is 1.33 bits per heavy atom. The molecule has 0 aliphatic carbocycles. The number of rotatable bonds is 5. The lowest BCUT2D eigenvalue weighted by Gasteiger charge is -2.29. The first-order valence-electron chi connectivity index (χ1n) is 7.17. The van der Waals surface area contributed by atoms with Crippen molar-refractivity contribution in [2.75, 3.05) is 26.7 Å².